The Morgan fingerprint density at radius 1 is 1.41 bits per heavy atom. The van der Waals surface area contributed by atoms with Crippen LogP contribution >= 0.6 is 0 Å². The first-order valence-corrected chi connectivity index (χ1v) is 5.95. The van der Waals surface area contributed by atoms with Crippen LogP contribution < -0.4 is 16.6 Å². The molecule has 1 unspecified atom stereocenters. The number of nitrogens with two attached hydrogens (primary N) is 1. The van der Waals surface area contributed by atoms with Crippen LogP contribution in [-0.4, -0.2) is 29.2 Å². The Morgan fingerprint density at radius 2 is 2.24 bits per heavy atom. The van der Waals surface area contributed by atoms with Gasteiger partial charge in [0.2, 0.25) is 0 Å². The lowest BCUT2D eigenvalue weighted by atomic mass is 10.1. The molecule has 0 amide bonds. The molecule has 1 aromatic heterocycles. The van der Waals surface area contributed by atoms with Gasteiger partial charge < -0.3 is 15.5 Å². The number of ether oxygens (including phenoxy) is 1. The smallest absolute Gasteiger partial charge is 0.145 e. The first-order chi connectivity index (χ1) is 8.28. The van der Waals surface area contributed by atoms with Gasteiger partial charge in [0.25, 0.3) is 0 Å². The molecular formula is C11H19N5O. The number of nitrogens with zero attached hydrogens (tertiary/aromatic N) is 2. The summed E-state index contributed by atoms with van der Waals surface area (Å²) >= 11 is 0. The van der Waals surface area contributed by atoms with Gasteiger partial charge in [0, 0.05) is 19.2 Å². The highest BCUT2D eigenvalue weighted by Crippen LogP contribution is 2.14. The van der Waals surface area contributed by atoms with Gasteiger partial charge in [0.05, 0.1) is 6.10 Å². The molecule has 0 bridgehead atoms. The van der Waals surface area contributed by atoms with Crippen LogP contribution in [0.2, 0.25) is 0 Å². The molecule has 4 N–H and O–H groups in total. The summed E-state index contributed by atoms with van der Waals surface area (Å²) < 4.78 is 5.64. The zero-order valence-electron chi connectivity index (χ0n) is 10.1. The number of nitrogens with one attached hydrogen (secondary N) is 2. The molecule has 2 heterocycles. The Morgan fingerprint density at radius 3 is 2.94 bits per heavy atom. The first kappa shape index (κ1) is 12.1. The van der Waals surface area contributed by atoms with Crippen molar-refractivity contribution in [2.45, 2.75) is 32.3 Å². The molecule has 1 fully saturated rings. The quantitative estimate of drug-likeness (QED) is 0.536. The van der Waals surface area contributed by atoms with Gasteiger partial charge in [-0.1, -0.05) is 0 Å². The lowest BCUT2D eigenvalue weighted by molar-refractivity contribution is 0.0247. The summed E-state index contributed by atoms with van der Waals surface area (Å²) in [6, 6.07) is 1.79. The largest absolute Gasteiger partial charge is 0.376 e. The van der Waals surface area contributed by atoms with Crippen LogP contribution in [0.5, 0.6) is 0 Å². The van der Waals surface area contributed by atoms with Crippen LogP contribution in [0.25, 0.3) is 0 Å². The summed E-state index contributed by atoms with van der Waals surface area (Å²) in [4.78, 5) is 8.42. The zero-order valence-corrected chi connectivity index (χ0v) is 10.1. The van der Waals surface area contributed by atoms with E-state index in [4.69, 9.17) is 10.6 Å². The van der Waals surface area contributed by atoms with Crippen molar-refractivity contribution in [1.29, 1.82) is 0 Å². The molecule has 6 nitrogen and oxygen atoms in total. The van der Waals surface area contributed by atoms with Gasteiger partial charge in [0.15, 0.2) is 0 Å². The van der Waals surface area contributed by atoms with Crippen molar-refractivity contribution >= 4 is 11.6 Å². The summed E-state index contributed by atoms with van der Waals surface area (Å²) in [5.74, 6) is 7.41. The predicted molar refractivity (Wildman–Crippen MR) is 66.7 cm³/mol. The van der Waals surface area contributed by atoms with E-state index in [0.29, 0.717) is 11.6 Å². The molecule has 94 valence electrons. The second-order valence-corrected chi connectivity index (χ2v) is 4.20. The molecular weight excluding hydrogens is 218 g/mol. The molecule has 0 radical (unpaired) electrons. The third kappa shape index (κ3) is 3.54. The number of anilines is 2. The number of aryl methyl sites for hydroxylation is 1. The Labute approximate surface area is 101 Å². The molecule has 1 atom stereocenters. The van der Waals surface area contributed by atoms with Crippen LogP contribution in [0.15, 0.2) is 6.07 Å². The maximum Gasteiger partial charge on any atom is 0.145 e. The van der Waals surface area contributed by atoms with Gasteiger partial charge in [-0.25, -0.2) is 15.8 Å². The molecule has 17 heavy (non-hydrogen) atoms. The van der Waals surface area contributed by atoms with Crippen LogP contribution in [0, 0.1) is 6.92 Å². The summed E-state index contributed by atoms with van der Waals surface area (Å²) in [7, 11) is 0. The van der Waals surface area contributed by atoms with Gasteiger partial charge in [0.1, 0.15) is 17.5 Å². The second-order valence-electron chi connectivity index (χ2n) is 4.20. The van der Waals surface area contributed by atoms with Crippen LogP contribution in [0.3, 0.4) is 0 Å². The molecule has 1 aliphatic rings. The van der Waals surface area contributed by atoms with Crippen LogP contribution in [0.1, 0.15) is 25.1 Å². The average Bonchev–Trinajstić information content (AvgIpc) is 2.37. The number of hydrogen-bond donors (Lipinski definition) is 3. The van der Waals surface area contributed by atoms with E-state index in [1.807, 2.05) is 6.92 Å². The Hall–Kier alpha value is -1.40. The fourth-order valence-electron chi connectivity index (χ4n) is 1.92. The third-order valence-electron chi connectivity index (χ3n) is 2.77. The van der Waals surface area contributed by atoms with E-state index >= 15 is 0 Å². The van der Waals surface area contributed by atoms with Gasteiger partial charge in [-0.3, -0.25) is 0 Å². The van der Waals surface area contributed by atoms with Crippen molar-refractivity contribution in [2.75, 3.05) is 23.9 Å². The standard InChI is InChI=1S/C11H19N5O/c1-8-14-10(6-11(15-8)16-12)13-7-9-4-2-3-5-17-9/h6,9H,2-5,7,12H2,1H3,(H2,13,14,15,16). The summed E-state index contributed by atoms with van der Waals surface area (Å²) in [5.41, 5.74) is 2.52. The number of rotatable bonds is 4. The van der Waals surface area contributed by atoms with Crippen molar-refractivity contribution in [2.24, 2.45) is 5.84 Å². The van der Waals surface area contributed by atoms with Crippen molar-refractivity contribution in [3.63, 3.8) is 0 Å². The Bertz CT molecular complexity index is 365. The molecule has 0 saturated carbocycles. The van der Waals surface area contributed by atoms with Crippen LogP contribution in [0.4, 0.5) is 11.6 Å². The predicted octanol–water partition coefficient (Wildman–Crippen LogP) is 1.05. The number of hydrogen-bond acceptors (Lipinski definition) is 6. The van der Waals surface area contributed by atoms with E-state index < -0.39 is 0 Å². The number of hydrazine groups is 1. The fraction of sp³-hybridized carbons (Fsp3) is 0.636. The Balaban J connectivity index is 1.91. The minimum atomic E-state index is 0.285. The maximum absolute atomic E-state index is 5.64. The van der Waals surface area contributed by atoms with Crippen molar-refractivity contribution in [1.82, 2.24) is 9.97 Å². The zero-order chi connectivity index (χ0) is 12.1. The fourth-order valence-corrected chi connectivity index (χ4v) is 1.92. The van der Waals surface area contributed by atoms with E-state index in [9.17, 15) is 0 Å². The topological polar surface area (TPSA) is 85.1 Å². The lowest BCUT2D eigenvalue weighted by Crippen LogP contribution is -2.27. The van der Waals surface area contributed by atoms with E-state index in [0.717, 1.165) is 25.4 Å². The lowest BCUT2D eigenvalue weighted by Gasteiger charge is -2.23. The molecule has 6 heteroatoms. The van der Waals surface area contributed by atoms with Crippen molar-refractivity contribution < 1.29 is 4.74 Å². The maximum atomic E-state index is 5.64. The molecule has 0 spiro atoms. The van der Waals surface area contributed by atoms with Crippen molar-refractivity contribution in [3.05, 3.63) is 11.9 Å². The summed E-state index contributed by atoms with van der Waals surface area (Å²) in [6.45, 7) is 3.48. The van der Waals surface area contributed by atoms with E-state index in [1.54, 1.807) is 6.07 Å². The monoisotopic (exact) mass is 237 g/mol. The van der Waals surface area contributed by atoms with Crippen molar-refractivity contribution in [3.8, 4) is 0 Å². The molecule has 0 aromatic carbocycles. The SMILES string of the molecule is Cc1nc(NN)cc(NCC2CCCCO2)n1. The number of aromatic nitrogens is 2. The normalized spacial score (nSPS) is 20.0. The van der Waals surface area contributed by atoms with Crippen LogP contribution in [-0.2, 0) is 4.74 Å². The average molecular weight is 237 g/mol. The van der Waals surface area contributed by atoms with E-state index in [2.05, 4.69) is 20.7 Å². The highest BCUT2D eigenvalue weighted by atomic mass is 16.5. The highest BCUT2D eigenvalue weighted by molar-refractivity contribution is 5.46. The van der Waals surface area contributed by atoms with Gasteiger partial charge >= 0.3 is 0 Å². The first-order valence-electron chi connectivity index (χ1n) is 5.95. The molecule has 1 aromatic rings. The molecule has 1 aliphatic heterocycles. The minimum Gasteiger partial charge on any atom is -0.376 e. The molecule has 1 saturated heterocycles. The summed E-state index contributed by atoms with van der Waals surface area (Å²) in [6.07, 6.45) is 3.81. The molecule has 0 aliphatic carbocycles. The van der Waals surface area contributed by atoms with E-state index in [-0.39, 0.29) is 6.10 Å². The van der Waals surface area contributed by atoms with E-state index in [1.165, 1.54) is 12.8 Å². The highest BCUT2D eigenvalue weighted by Gasteiger charge is 2.13. The minimum absolute atomic E-state index is 0.285. The third-order valence-corrected chi connectivity index (χ3v) is 2.77. The summed E-state index contributed by atoms with van der Waals surface area (Å²) in [5, 5.41) is 3.26. The number of nitrogen functional groups attached to an aromatic ring is 1. The molecule has 2 rings (SSSR count). The Kier molecular flexibility index (Phi) is 4.11. The van der Waals surface area contributed by atoms with Gasteiger partial charge in [-0.05, 0) is 26.2 Å². The van der Waals surface area contributed by atoms with Gasteiger partial charge in [-0.2, -0.15) is 0 Å². The van der Waals surface area contributed by atoms with Gasteiger partial charge in [-0.15, -0.1) is 0 Å². The second kappa shape index (κ2) is 5.79.